The quantitative estimate of drug-likeness (QED) is 0.766. The first kappa shape index (κ1) is 11.7. The zero-order valence-electron chi connectivity index (χ0n) is 10.8. The van der Waals surface area contributed by atoms with E-state index in [-0.39, 0.29) is 5.97 Å². The number of carbonyl (C=O) groups is 1. The summed E-state index contributed by atoms with van der Waals surface area (Å²) in [5.74, 6) is 0.699. The van der Waals surface area contributed by atoms with Crippen LogP contribution in [0.3, 0.4) is 0 Å². The largest absolute Gasteiger partial charge is 0.465 e. The number of ether oxygens (including phenoxy) is 1. The van der Waals surface area contributed by atoms with Gasteiger partial charge in [-0.05, 0) is 32.6 Å². The summed E-state index contributed by atoms with van der Waals surface area (Å²) in [6.45, 7) is 2.27. The lowest BCUT2D eigenvalue weighted by atomic mass is 10.1. The maximum absolute atomic E-state index is 12.1. The van der Waals surface area contributed by atoms with Crippen molar-refractivity contribution in [2.45, 2.75) is 56.9 Å². The molecule has 0 unspecified atom stereocenters. The van der Waals surface area contributed by atoms with Crippen LogP contribution in [0.2, 0.25) is 0 Å². The maximum atomic E-state index is 12.1. The van der Waals surface area contributed by atoms with Crippen LogP contribution in [0.15, 0.2) is 6.33 Å². The van der Waals surface area contributed by atoms with Crippen LogP contribution in [0.25, 0.3) is 0 Å². The van der Waals surface area contributed by atoms with Crippen LogP contribution in [0, 0.1) is 0 Å². The molecular formula is C13H19N3O2. The number of hydrogen-bond donors (Lipinski definition) is 0. The standard InChI is InChI=1S/C13H19N3O2/c1-2-18-12(17)13(7-8-13)11-15-14-9-16(11)10-5-3-4-6-10/h9-10H,2-8H2,1H3. The second-order valence-corrected chi connectivity index (χ2v) is 5.30. The van der Waals surface area contributed by atoms with Crippen LogP contribution in [0.4, 0.5) is 0 Å². The zero-order valence-corrected chi connectivity index (χ0v) is 10.8. The van der Waals surface area contributed by atoms with E-state index < -0.39 is 5.41 Å². The van der Waals surface area contributed by atoms with Crippen molar-refractivity contribution in [3.05, 3.63) is 12.2 Å². The Balaban J connectivity index is 1.88. The summed E-state index contributed by atoms with van der Waals surface area (Å²) in [5, 5.41) is 8.23. The minimum Gasteiger partial charge on any atom is -0.465 e. The van der Waals surface area contributed by atoms with Gasteiger partial charge in [-0.25, -0.2) is 0 Å². The number of carbonyl (C=O) groups excluding carboxylic acids is 1. The fourth-order valence-corrected chi connectivity index (χ4v) is 2.95. The second kappa shape index (κ2) is 4.37. The van der Waals surface area contributed by atoms with Crippen LogP contribution in [-0.4, -0.2) is 27.3 Å². The Hall–Kier alpha value is -1.39. The van der Waals surface area contributed by atoms with Gasteiger partial charge in [-0.3, -0.25) is 4.79 Å². The number of esters is 1. The van der Waals surface area contributed by atoms with E-state index in [2.05, 4.69) is 14.8 Å². The molecule has 0 amide bonds. The fraction of sp³-hybridized carbons (Fsp3) is 0.769. The lowest BCUT2D eigenvalue weighted by Gasteiger charge is -2.18. The Kier molecular flexibility index (Phi) is 2.84. The summed E-state index contributed by atoms with van der Waals surface area (Å²) in [5.41, 5.74) is -0.491. The Morgan fingerprint density at radius 1 is 1.50 bits per heavy atom. The summed E-state index contributed by atoms with van der Waals surface area (Å²) in [4.78, 5) is 12.1. The van der Waals surface area contributed by atoms with Crippen molar-refractivity contribution >= 4 is 5.97 Å². The first-order chi connectivity index (χ1) is 8.78. The predicted molar refractivity (Wildman–Crippen MR) is 65.1 cm³/mol. The van der Waals surface area contributed by atoms with E-state index in [4.69, 9.17) is 4.74 Å². The van der Waals surface area contributed by atoms with Gasteiger partial charge in [-0.1, -0.05) is 12.8 Å². The highest BCUT2D eigenvalue weighted by atomic mass is 16.5. The van der Waals surface area contributed by atoms with E-state index >= 15 is 0 Å². The van der Waals surface area contributed by atoms with Gasteiger partial charge in [0.05, 0.1) is 6.61 Å². The van der Waals surface area contributed by atoms with Crippen molar-refractivity contribution in [1.29, 1.82) is 0 Å². The minimum absolute atomic E-state index is 0.128. The highest BCUT2D eigenvalue weighted by Crippen LogP contribution is 2.49. The molecule has 0 N–H and O–H groups in total. The molecular weight excluding hydrogens is 230 g/mol. The molecule has 1 aromatic rings. The Labute approximate surface area is 107 Å². The lowest BCUT2D eigenvalue weighted by Crippen LogP contribution is -2.28. The van der Waals surface area contributed by atoms with Crippen molar-refractivity contribution in [3.8, 4) is 0 Å². The summed E-state index contributed by atoms with van der Waals surface area (Å²) in [7, 11) is 0. The average molecular weight is 249 g/mol. The van der Waals surface area contributed by atoms with Crippen molar-refractivity contribution in [2.24, 2.45) is 0 Å². The van der Waals surface area contributed by atoms with Crippen LogP contribution in [0.1, 0.15) is 57.3 Å². The molecule has 5 nitrogen and oxygen atoms in total. The van der Waals surface area contributed by atoms with Crippen LogP contribution < -0.4 is 0 Å². The van der Waals surface area contributed by atoms with Gasteiger partial charge < -0.3 is 9.30 Å². The highest BCUT2D eigenvalue weighted by molar-refractivity contribution is 5.85. The number of rotatable bonds is 4. The summed E-state index contributed by atoms with van der Waals surface area (Å²) >= 11 is 0. The lowest BCUT2D eigenvalue weighted by molar-refractivity contribution is -0.146. The molecule has 2 saturated carbocycles. The summed E-state index contributed by atoms with van der Waals surface area (Å²) in [6, 6.07) is 0.474. The van der Waals surface area contributed by atoms with E-state index in [9.17, 15) is 4.79 Å². The molecule has 1 aromatic heterocycles. The third-order valence-electron chi connectivity index (χ3n) is 4.14. The molecule has 0 spiro atoms. The molecule has 2 aliphatic carbocycles. The van der Waals surface area contributed by atoms with Crippen molar-refractivity contribution < 1.29 is 9.53 Å². The van der Waals surface area contributed by atoms with E-state index in [0.29, 0.717) is 12.6 Å². The highest BCUT2D eigenvalue weighted by Gasteiger charge is 2.56. The van der Waals surface area contributed by atoms with E-state index in [1.165, 1.54) is 25.7 Å². The van der Waals surface area contributed by atoms with Gasteiger partial charge in [0.15, 0.2) is 5.82 Å². The molecule has 0 aromatic carbocycles. The molecule has 0 aliphatic heterocycles. The Bertz CT molecular complexity index is 445. The second-order valence-electron chi connectivity index (χ2n) is 5.30. The Morgan fingerprint density at radius 3 is 2.83 bits per heavy atom. The molecule has 2 fully saturated rings. The first-order valence-corrected chi connectivity index (χ1v) is 6.85. The van der Waals surface area contributed by atoms with Gasteiger partial charge >= 0.3 is 5.97 Å². The average Bonchev–Trinajstić information content (AvgIpc) is 2.83. The molecule has 18 heavy (non-hydrogen) atoms. The van der Waals surface area contributed by atoms with Gasteiger partial charge in [-0.2, -0.15) is 0 Å². The normalized spacial score (nSPS) is 22.1. The molecule has 0 radical (unpaired) electrons. The zero-order chi connectivity index (χ0) is 12.6. The molecule has 0 saturated heterocycles. The van der Waals surface area contributed by atoms with E-state index in [0.717, 1.165) is 18.7 Å². The summed E-state index contributed by atoms with van der Waals surface area (Å²) in [6.07, 6.45) is 8.33. The molecule has 2 aliphatic rings. The monoisotopic (exact) mass is 249 g/mol. The first-order valence-electron chi connectivity index (χ1n) is 6.85. The molecule has 0 atom stereocenters. The molecule has 0 bridgehead atoms. The van der Waals surface area contributed by atoms with Crippen molar-refractivity contribution in [2.75, 3.05) is 6.61 Å². The van der Waals surface area contributed by atoms with Crippen molar-refractivity contribution in [3.63, 3.8) is 0 Å². The third kappa shape index (κ3) is 1.72. The smallest absolute Gasteiger partial charge is 0.319 e. The minimum atomic E-state index is -0.491. The topological polar surface area (TPSA) is 57.0 Å². The van der Waals surface area contributed by atoms with Crippen LogP contribution >= 0.6 is 0 Å². The number of nitrogens with zero attached hydrogens (tertiary/aromatic N) is 3. The molecule has 1 heterocycles. The maximum Gasteiger partial charge on any atom is 0.319 e. The van der Waals surface area contributed by atoms with E-state index in [1.807, 2.05) is 6.92 Å². The predicted octanol–water partition coefficient (Wildman–Crippen LogP) is 1.99. The molecule has 98 valence electrons. The van der Waals surface area contributed by atoms with Gasteiger partial charge in [0, 0.05) is 6.04 Å². The van der Waals surface area contributed by atoms with Gasteiger partial charge in [-0.15, -0.1) is 10.2 Å². The third-order valence-corrected chi connectivity index (χ3v) is 4.14. The number of aromatic nitrogens is 3. The SMILES string of the molecule is CCOC(=O)C1(c2nncn2C2CCCC2)CC1. The number of hydrogen-bond acceptors (Lipinski definition) is 4. The Morgan fingerprint density at radius 2 is 2.22 bits per heavy atom. The summed E-state index contributed by atoms with van der Waals surface area (Å²) < 4.78 is 7.31. The van der Waals surface area contributed by atoms with E-state index in [1.54, 1.807) is 6.33 Å². The molecule has 3 rings (SSSR count). The molecule has 5 heteroatoms. The van der Waals surface area contributed by atoms with Gasteiger partial charge in [0.1, 0.15) is 11.7 Å². The van der Waals surface area contributed by atoms with Crippen LogP contribution in [-0.2, 0) is 14.9 Å². The fourth-order valence-electron chi connectivity index (χ4n) is 2.95. The van der Waals surface area contributed by atoms with Crippen LogP contribution in [0.5, 0.6) is 0 Å². The van der Waals surface area contributed by atoms with Gasteiger partial charge in [0.25, 0.3) is 0 Å². The van der Waals surface area contributed by atoms with Gasteiger partial charge in [0.2, 0.25) is 0 Å². The van der Waals surface area contributed by atoms with Crippen molar-refractivity contribution in [1.82, 2.24) is 14.8 Å².